The lowest BCUT2D eigenvalue weighted by Crippen LogP contribution is -2.49. The van der Waals surface area contributed by atoms with Gasteiger partial charge in [-0.15, -0.1) is 0 Å². The summed E-state index contributed by atoms with van der Waals surface area (Å²) in [5, 5.41) is 0. The van der Waals surface area contributed by atoms with Gasteiger partial charge >= 0.3 is 0 Å². The summed E-state index contributed by atoms with van der Waals surface area (Å²) in [6.45, 7) is 3.85. The second kappa shape index (κ2) is 5.04. The second-order valence-corrected chi connectivity index (χ2v) is 5.36. The van der Waals surface area contributed by atoms with Crippen molar-refractivity contribution >= 4 is 10.0 Å². The highest BCUT2D eigenvalue weighted by Gasteiger charge is 2.22. The molecule has 1 fully saturated rings. The fourth-order valence-electron chi connectivity index (χ4n) is 1.47. The number of hydrogen-bond acceptors (Lipinski definition) is 5. The first-order valence-electron chi connectivity index (χ1n) is 4.53. The van der Waals surface area contributed by atoms with Gasteiger partial charge in [-0.3, -0.25) is 4.90 Å². The zero-order chi connectivity index (χ0) is 10.6. The monoisotopic (exact) mass is 223 g/mol. The SMILES string of the molecule is CS(=O)(=O)N1CCN(CCON)CC1. The summed E-state index contributed by atoms with van der Waals surface area (Å²) in [6.07, 6.45) is 1.24. The predicted molar refractivity (Wildman–Crippen MR) is 53.0 cm³/mol. The lowest BCUT2D eigenvalue weighted by atomic mass is 10.4. The molecule has 1 aliphatic rings. The number of nitrogens with zero attached hydrogens (tertiary/aromatic N) is 2. The minimum Gasteiger partial charge on any atom is -0.303 e. The molecule has 0 atom stereocenters. The molecule has 0 radical (unpaired) electrons. The summed E-state index contributed by atoms with van der Waals surface area (Å²) in [5.74, 6) is 4.91. The summed E-state index contributed by atoms with van der Waals surface area (Å²) in [4.78, 5) is 6.60. The summed E-state index contributed by atoms with van der Waals surface area (Å²) in [7, 11) is -3.02. The van der Waals surface area contributed by atoms with Crippen LogP contribution in [-0.4, -0.2) is 63.2 Å². The molecule has 0 aromatic heterocycles. The van der Waals surface area contributed by atoms with Gasteiger partial charge in [0.2, 0.25) is 10.0 Å². The second-order valence-electron chi connectivity index (χ2n) is 3.37. The molecule has 0 aliphatic carbocycles. The molecule has 84 valence electrons. The van der Waals surface area contributed by atoms with Crippen molar-refractivity contribution in [2.24, 2.45) is 5.90 Å². The van der Waals surface area contributed by atoms with Crippen molar-refractivity contribution < 1.29 is 13.3 Å². The Morgan fingerprint density at radius 3 is 2.29 bits per heavy atom. The Morgan fingerprint density at radius 2 is 1.86 bits per heavy atom. The van der Waals surface area contributed by atoms with Crippen molar-refractivity contribution in [2.75, 3.05) is 45.6 Å². The van der Waals surface area contributed by atoms with Crippen LogP contribution in [0.25, 0.3) is 0 Å². The van der Waals surface area contributed by atoms with Crippen LogP contribution < -0.4 is 5.90 Å². The Kier molecular flexibility index (Phi) is 4.27. The molecule has 0 bridgehead atoms. The average molecular weight is 223 g/mol. The van der Waals surface area contributed by atoms with Gasteiger partial charge in [-0.1, -0.05) is 0 Å². The smallest absolute Gasteiger partial charge is 0.211 e. The fraction of sp³-hybridized carbons (Fsp3) is 1.00. The number of sulfonamides is 1. The molecule has 1 rings (SSSR count). The molecule has 0 aromatic carbocycles. The van der Waals surface area contributed by atoms with E-state index in [2.05, 4.69) is 9.74 Å². The first kappa shape index (κ1) is 11.9. The quantitative estimate of drug-likeness (QED) is 0.584. The van der Waals surface area contributed by atoms with Crippen molar-refractivity contribution in [3.05, 3.63) is 0 Å². The van der Waals surface area contributed by atoms with Gasteiger partial charge in [-0.2, -0.15) is 4.31 Å². The summed E-state index contributed by atoms with van der Waals surface area (Å²) in [5.41, 5.74) is 0. The Labute approximate surface area is 84.6 Å². The van der Waals surface area contributed by atoms with Crippen LogP contribution in [0, 0.1) is 0 Å². The molecule has 1 heterocycles. The maximum absolute atomic E-state index is 11.2. The number of piperazine rings is 1. The average Bonchev–Trinajstić information content (AvgIpc) is 2.14. The van der Waals surface area contributed by atoms with Gasteiger partial charge in [0, 0.05) is 32.7 Å². The van der Waals surface area contributed by atoms with E-state index in [9.17, 15) is 8.42 Å². The maximum Gasteiger partial charge on any atom is 0.211 e. The zero-order valence-electron chi connectivity index (χ0n) is 8.35. The van der Waals surface area contributed by atoms with Crippen LogP contribution in [0.2, 0.25) is 0 Å². The van der Waals surface area contributed by atoms with Gasteiger partial charge in [-0.25, -0.2) is 14.3 Å². The molecule has 0 unspecified atom stereocenters. The molecule has 0 amide bonds. The zero-order valence-corrected chi connectivity index (χ0v) is 9.16. The van der Waals surface area contributed by atoms with E-state index in [1.54, 1.807) is 0 Å². The van der Waals surface area contributed by atoms with E-state index in [0.29, 0.717) is 19.7 Å². The summed E-state index contributed by atoms with van der Waals surface area (Å²) >= 11 is 0. The molecule has 0 aromatic rings. The Hall–Kier alpha value is -0.210. The molecular weight excluding hydrogens is 206 g/mol. The van der Waals surface area contributed by atoms with Crippen molar-refractivity contribution in [1.82, 2.24) is 9.21 Å². The van der Waals surface area contributed by atoms with Crippen LogP contribution in [-0.2, 0) is 14.9 Å². The largest absolute Gasteiger partial charge is 0.303 e. The Morgan fingerprint density at radius 1 is 1.29 bits per heavy atom. The normalized spacial score (nSPS) is 21.3. The highest BCUT2D eigenvalue weighted by molar-refractivity contribution is 7.88. The lowest BCUT2D eigenvalue weighted by molar-refractivity contribution is 0.0915. The van der Waals surface area contributed by atoms with E-state index in [-0.39, 0.29) is 0 Å². The van der Waals surface area contributed by atoms with E-state index < -0.39 is 10.0 Å². The van der Waals surface area contributed by atoms with Crippen molar-refractivity contribution in [1.29, 1.82) is 0 Å². The van der Waals surface area contributed by atoms with Crippen LogP contribution in [0.3, 0.4) is 0 Å². The van der Waals surface area contributed by atoms with Crippen molar-refractivity contribution in [3.63, 3.8) is 0 Å². The van der Waals surface area contributed by atoms with E-state index in [4.69, 9.17) is 5.90 Å². The third kappa shape index (κ3) is 3.50. The molecule has 2 N–H and O–H groups in total. The molecule has 0 saturated carbocycles. The van der Waals surface area contributed by atoms with Gasteiger partial charge in [0.15, 0.2) is 0 Å². The van der Waals surface area contributed by atoms with Crippen LogP contribution in [0.1, 0.15) is 0 Å². The van der Waals surface area contributed by atoms with Gasteiger partial charge < -0.3 is 4.84 Å². The van der Waals surface area contributed by atoms with Gasteiger partial charge in [0.05, 0.1) is 12.9 Å². The van der Waals surface area contributed by atoms with Gasteiger partial charge in [-0.05, 0) is 0 Å². The summed E-state index contributed by atoms with van der Waals surface area (Å²) < 4.78 is 23.8. The lowest BCUT2D eigenvalue weighted by Gasteiger charge is -2.32. The minimum atomic E-state index is -3.02. The number of nitrogens with two attached hydrogens (primary N) is 1. The molecule has 0 spiro atoms. The van der Waals surface area contributed by atoms with E-state index in [1.165, 1.54) is 10.6 Å². The predicted octanol–water partition coefficient (Wildman–Crippen LogP) is -1.55. The molecule has 7 heteroatoms. The molecular formula is C7H17N3O3S. The van der Waals surface area contributed by atoms with Crippen molar-refractivity contribution in [3.8, 4) is 0 Å². The molecule has 1 saturated heterocycles. The topological polar surface area (TPSA) is 75.9 Å². The fourth-order valence-corrected chi connectivity index (χ4v) is 2.29. The highest BCUT2D eigenvalue weighted by atomic mass is 32.2. The Balaban J connectivity index is 2.31. The van der Waals surface area contributed by atoms with Crippen LogP contribution in [0.15, 0.2) is 0 Å². The Bertz CT molecular complexity index is 259. The van der Waals surface area contributed by atoms with Crippen LogP contribution in [0.4, 0.5) is 0 Å². The first-order valence-corrected chi connectivity index (χ1v) is 6.38. The minimum absolute atomic E-state index is 0.485. The first-order chi connectivity index (χ1) is 6.54. The molecule has 1 aliphatic heterocycles. The van der Waals surface area contributed by atoms with Gasteiger partial charge in [0.25, 0.3) is 0 Å². The van der Waals surface area contributed by atoms with E-state index in [0.717, 1.165) is 19.6 Å². The van der Waals surface area contributed by atoms with E-state index in [1.807, 2.05) is 0 Å². The van der Waals surface area contributed by atoms with Crippen molar-refractivity contribution in [2.45, 2.75) is 0 Å². The van der Waals surface area contributed by atoms with E-state index >= 15 is 0 Å². The third-order valence-corrected chi connectivity index (χ3v) is 3.63. The van der Waals surface area contributed by atoms with Crippen LogP contribution in [0.5, 0.6) is 0 Å². The highest BCUT2D eigenvalue weighted by Crippen LogP contribution is 2.05. The third-order valence-electron chi connectivity index (χ3n) is 2.33. The summed E-state index contributed by atoms with van der Waals surface area (Å²) in [6, 6.07) is 0. The van der Waals surface area contributed by atoms with Crippen LogP contribution >= 0.6 is 0 Å². The standard InChI is InChI=1S/C7H17N3O3S/c1-14(11,12)10-4-2-9(3-5-10)6-7-13-8/h2-8H2,1H3. The molecule has 14 heavy (non-hydrogen) atoms. The maximum atomic E-state index is 11.2. The number of hydrogen-bond donors (Lipinski definition) is 1. The number of rotatable bonds is 4. The molecule has 6 nitrogen and oxygen atoms in total. The van der Waals surface area contributed by atoms with Gasteiger partial charge in [0.1, 0.15) is 0 Å².